The van der Waals surface area contributed by atoms with Crippen LogP contribution in [-0.2, 0) is 0 Å². The first-order valence-corrected chi connectivity index (χ1v) is 7.16. The van der Waals surface area contributed by atoms with Gasteiger partial charge in [0.15, 0.2) is 0 Å². The Bertz CT molecular complexity index is 828. The molecule has 1 fully saturated rings. The number of benzene rings is 1. The molecule has 2 N–H and O–H groups in total. The maximum absolute atomic E-state index is 10.9. The summed E-state index contributed by atoms with van der Waals surface area (Å²) < 4.78 is 1.97. The van der Waals surface area contributed by atoms with E-state index in [1.54, 1.807) is 0 Å². The first kappa shape index (κ1) is 12.8. The Morgan fingerprint density at radius 2 is 2.00 bits per heavy atom. The minimum Gasteiger partial charge on any atom is -0.477 e. The normalized spacial score (nSPS) is 14.2. The molecule has 0 saturated heterocycles. The van der Waals surface area contributed by atoms with Gasteiger partial charge >= 0.3 is 5.97 Å². The highest BCUT2D eigenvalue weighted by atomic mass is 16.4. The van der Waals surface area contributed by atoms with Gasteiger partial charge in [-0.05, 0) is 37.1 Å². The van der Waals surface area contributed by atoms with Crippen molar-refractivity contribution in [2.24, 2.45) is 0 Å². The van der Waals surface area contributed by atoms with E-state index in [9.17, 15) is 4.79 Å². The van der Waals surface area contributed by atoms with Gasteiger partial charge in [0, 0.05) is 23.4 Å². The third kappa shape index (κ3) is 2.18. The van der Waals surface area contributed by atoms with E-state index in [0.717, 1.165) is 11.3 Å². The molecule has 4 rings (SSSR count). The molecule has 6 heteroatoms. The summed E-state index contributed by atoms with van der Waals surface area (Å²) in [5, 5.41) is 19.9. The van der Waals surface area contributed by atoms with Crippen molar-refractivity contribution in [3.8, 4) is 16.9 Å². The third-order valence-corrected chi connectivity index (χ3v) is 3.88. The van der Waals surface area contributed by atoms with Crippen molar-refractivity contribution in [2.75, 3.05) is 0 Å². The third-order valence-electron chi connectivity index (χ3n) is 3.88. The van der Waals surface area contributed by atoms with E-state index in [-0.39, 0.29) is 5.69 Å². The van der Waals surface area contributed by atoms with E-state index >= 15 is 0 Å². The Morgan fingerprint density at radius 3 is 2.64 bits per heavy atom. The molecule has 0 radical (unpaired) electrons. The van der Waals surface area contributed by atoms with Crippen LogP contribution in [0, 0.1) is 0 Å². The summed E-state index contributed by atoms with van der Waals surface area (Å²) in [4.78, 5) is 10.9. The van der Waals surface area contributed by atoms with Crippen LogP contribution in [0.15, 0.2) is 42.6 Å². The van der Waals surface area contributed by atoms with Gasteiger partial charge in [0.1, 0.15) is 5.69 Å². The van der Waals surface area contributed by atoms with E-state index < -0.39 is 5.97 Å². The van der Waals surface area contributed by atoms with E-state index in [1.807, 2.05) is 35.1 Å². The fourth-order valence-corrected chi connectivity index (χ4v) is 2.57. The van der Waals surface area contributed by atoms with Crippen molar-refractivity contribution in [2.45, 2.75) is 18.8 Å². The molecule has 2 aromatic heterocycles. The van der Waals surface area contributed by atoms with Crippen LogP contribution in [0.2, 0.25) is 0 Å². The summed E-state index contributed by atoms with van der Waals surface area (Å²) in [5.74, 6) is -0.382. The number of hydrogen-bond donors (Lipinski definition) is 2. The van der Waals surface area contributed by atoms with Crippen molar-refractivity contribution in [1.29, 1.82) is 0 Å². The zero-order chi connectivity index (χ0) is 15.1. The summed E-state index contributed by atoms with van der Waals surface area (Å²) in [7, 11) is 0. The van der Waals surface area contributed by atoms with Gasteiger partial charge in [0.2, 0.25) is 0 Å². The molecule has 1 aliphatic rings. The second-order valence-electron chi connectivity index (χ2n) is 5.46. The number of hydrogen-bond acceptors (Lipinski definition) is 3. The molecule has 6 nitrogen and oxygen atoms in total. The van der Waals surface area contributed by atoms with E-state index in [1.165, 1.54) is 24.6 Å². The van der Waals surface area contributed by atoms with Crippen LogP contribution in [0.1, 0.15) is 34.9 Å². The largest absolute Gasteiger partial charge is 0.477 e. The van der Waals surface area contributed by atoms with Crippen LogP contribution in [0.4, 0.5) is 0 Å². The predicted octanol–water partition coefficient (Wildman–Crippen LogP) is 2.84. The lowest BCUT2D eigenvalue weighted by Gasteiger charge is -2.07. The summed E-state index contributed by atoms with van der Waals surface area (Å²) >= 11 is 0. The molecule has 2 heterocycles. The predicted molar refractivity (Wildman–Crippen MR) is 80.1 cm³/mol. The van der Waals surface area contributed by atoms with E-state index in [4.69, 9.17) is 5.11 Å². The molecule has 110 valence electrons. The van der Waals surface area contributed by atoms with Crippen LogP contribution in [0.25, 0.3) is 16.9 Å². The molecule has 0 aliphatic heterocycles. The number of aromatic nitrogens is 4. The molecule has 0 amide bonds. The Kier molecular flexibility index (Phi) is 2.82. The Balaban J connectivity index is 1.64. The fraction of sp³-hybridized carbons (Fsp3) is 0.188. The van der Waals surface area contributed by atoms with Crippen molar-refractivity contribution in [3.05, 3.63) is 54.0 Å². The van der Waals surface area contributed by atoms with Crippen LogP contribution in [0.5, 0.6) is 0 Å². The molecule has 0 bridgehead atoms. The van der Waals surface area contributed by atoms with Crippen molar-refractivity contribution in [1.82, 2.24) is 20.0 Å². The van der Waals surface area contributed by atoms with Gasteiger partial charge in [-0.2, -0.15) is 10.2 Å². The Morgan fingerprint density at radius 1 is 1.23 bits per heavy atom. The first-order chi connectivity index (χ1) is 10.7. The molecule has 22 heavy (non-hydrogen) atoms. The highest BCUT2D eigenvalue weighted by molar-refractivity contribution is 5.86. The molecule has 1 saturated carbocycles. The second kappa shape index (κ2) is 4.84. The summed E-state index contributed by atoms with van der Waals surface area (Å²) in [6.07, 6.45) is 4.29. The minimum absolute atomic E-state index is 0.0853. The summed E-state index contributed by atoms with van der Waals surface area (Å²) in [5.41, 5.74) is 3.83. The van der Waals surface area contributed by atoms with Gasteiger partial charge in [-0.3, -0.25) is 5.10 Å². The number of nitrogens with zero attached hydrogens (tertiary/aromatic N) is 3. The van der Waals surface area contributed by atoms with Crippen molar-refractivity contribution in [3.63, 3.8) is 0 Å². The number of aromatic carboxylic acids is 1. The molecule has 0 spiro atoms. The van der Waals surface area contributed by atoms with E-state index in [2.05, 4.69) is 21.4 Å². The lowest BCUT2D eigenvalue weighted by Crippen LogP contribution is -2.00. The molecular weight excluding hydrogens is 280 g/mol. The topological polar surface area (TPSA) is 83.8 Å². The van der Waals surface area contributed by atoms with Crippen LogP contribution < -0.4 is 0 Å². The molecule has 3 aromatic rings. The SMILES string of the molecule is O=C(O)c1cc(-c2ccc(-n3nccc3C3CC3)cc2)n[nH]1. The minimum atomic E-state index is -1.01. The van der Waals surface area contributed by atoms with Crippen LogP contribution in [0.3, 0.4) is 0 Å². The quantitative estimate of drug-likeness (QED) is 0.775. The van der Waals surface area contributed by atoms with Crippen LogP contribution >= 0.6 is 0 Å². The fourth-order valence-electron chi connectivity index (χ4n) is 2.57. The van der Waals surface area contributed by atoms with Crippen molar-refractivity contribution >= 4 is 5.97 Å². The van der Waals surface area contributed by atoms with Crippen molar-refractivity contribution < 1.29 is 9.90 Å². The average Bonchev–Trinajstić information content (AvgIpc) is 3.06. The lowest BCUT2D eigenvalue weighted by molar-refractivity contribution is 0.0690. The van der Waals surface area contributed by atoms with Crippen LogP contribution in [-0.4, -0.2) is 31.1 Å². The summed E-state index contributed by atoms with van der Waals surface area (Å²) in [6, 6.07) is 11.4. The van der Waals surface area contributed by atoms with Gasteiger partial charge in [-0.1, -0.05) is 12.1 Å². The average molecular weight is 294 g/mol. The number of H-pyrrole nitrogens is 1. The molecule has 1 aromatic carbocycles. The number of rotatable bonds is 4. The van der Waals surface area contributed by atoms with Gasteiger partial charge in [0.25, 0.3) is 0 Å². The second-order valence-corrected chi connectivity index (χ2v) is 5.46. The van der Waals surface area contributed by atoms with Gasteiger partial charge in [-0.15, -0.1) is 0 Å². The highest BCUT2D eigenvalue weighted by Gasteiger charge is 2.27. The standard InChI is InChI=1S/C16H14N4O2/c21-16(22)14-9-13(18-19-14)10-3-5-12(6-4-10)20-15(7-8-17-20)11-1-2-11/h3-9,11H,1-2H2,(H,18,19)(H,21,22). The Hall–Kier alpha value is -2.89. The van der Waals surface area contributed by atoms with Gasteiger partial charge < -0.3 is 5.11 Å². The number of carboxylic acid groups (broad SMARTS) is 1. The molecular formula is C16H14N4O2. The first-order valence-electron chi connectivity index (χ1n) is 7.16. The number of carbonyl (C=O) groups is 1. The number of nitrogens with one attached hydrogen (secondary N) is 1. The smallest absolute Gasteiger partial charge is 0.353 e. The Labute approximate surface area is 126 Å². The number of aromatic amines is 1. The maximum Gasteiger partial charge on any atom is 0.353 e. The van der Waals surface area contributed by atoms with Gasteiger partial charge in [-0.25, -0.2) is 9.48 Å². The van der Waals surface area contributed by atoms with Gasteiger partial charge in [0.05, 0.1) is 11.4 Å². The molecule has 0 atom stereocenters. The molecule has 1 aliphatic carbocycles. The zero-order valence-corrected chi connectivity index (χ0v) is 11.7. The molecule has 0 unspecified atom stereocenters. The van der Waals surface area contributed by atoms with E-state index in [0.29, 0.717) is 11.6 Å². The summed E-state index contributed by atoms with van der Waals surface area (Å²) in [6.45, 7) is 0. The zero-order valence-electron chi connectivity index (χ0n) is 11.7. The maximum atomic E-state index is 10.9. The number of carboxylic acids is 1. The monoisotopic (exact) mass is 294 g/mol. The lowest BCUT2D eigenvalue weighted by atomic mass is 10.1. The highest BCUT2D eigenvalue weighted by Crippen LogP contribution is 2.40.